The third-order valence-electron chi connectivity index (χ3n) is 3.45. The molecule has 5 heteroatoms. The van der Waals surface area contributed by atoms with Gasteiger partial charge >= 0.3 is 5.97 Å². The molecule has 1 aliphatic heterocycles. The first-order chi connectivity index (χ1) is 8.99. The van der Waals surface area contributed by atoms with Crippen LogP contribution in [0, 0.1) is 13.8 Å². The van der Waals surface area contributed by atoms with Crippen LogP contribution < -0.4 is 5.32 Å². The van der Waals surface area contributed by atoms with Gasteiger partial charge in [-0.15, -0.1) is 0 Å². The number of aliphatic carboxylic acids is 1. The van der Waals surface area contributed by atoms with Crippen molar-refractivity contribution in [1.29, 1.82) is 0 Å². The molecule has 2 atom stereocenters. The first kappa shape index (κ1) is 13.5. The summed E-state index contributed by atoms with van der Waals surface area (Å²) in [6, 6.07) is 5.66. The Kier molecular flexibility index (Phi) is 3.85. The van der Waals surface area contributed by atoms with Crippen molar-refractivity contribution in [2.75, 3.05) is 5.32 Å². The lowest BCUT2D eigenvalue weighted by molar-refractivity contribution is -0.150. The topological polar surface area (TPSA) is 75.6 Å². The van der Waals surface area contributed by atoms with Crippen LogP contribution in [0.4, 0.5) is 5.69 Å². The van der Waals surface area contributed by atoms with Crippen LogP contribution in [0.2, 0.25) is 0 Å². The first-order valence-electron chi connectivity index (χ1n) is 6.24. The van der Waals surface area contributed by atoms with Gasteiger partial charge in [0.2, 0.25) is 0 Å². The van der Waals surface area contributed by atoms with E-state index in [1.165, 1.54) is 0 Å². The number of anilines is 1. The fourth-order valence-electron chi connectivity index (χ4n) is 2.11. The van der Waals surface area contributed by atoms with Crippen LogP contribution in [0.15, 0.2) is 18.2 Å². The summed E-state index contributed by atoms with van der Waals surface area (Å²) in [5, 5.41) is 11.6. The second-order valence-electron chi connectivity index (χ2n) is 4.77. The Labute approximate surface area is 111 Å². The van der Waals surface area contributed by atoms with Crippen molar-refractivity contribution in [2.45, 2.75) is 38.9 Å². The minimum absolute atomic E-state index is 0.280. The summed E-state index contributed by atoms with van der Waals surface area (Å²) in [6.45, 7) is 3.90. The van der Waals surface area contributed by atoms with Crippen LogP contribution in [0.5, 0.6) is 0 Å². The van der Waals surface area contributed by atoms with Crippen LogP contribution in [0.1, 0.15) is 24.0 Å². The largest absolute Gasteiger partial charge is 0.479 e. The van der Waals surface area contributed by atoms with E-state index < -0.39 is 18.2 Å². The normalized spacial score (nSPS) is 22.2. The summed E-state index contributed by atoms with van der Waals surface area (Å²) in [6.07, 6.45) is -0.733. The van der Waals surface area contributed by atoms with Crippen LogP contribution in [-0.2, 0) is 14.3 Å². The molecule has 0 radical (unpaired) electrons. The molecule has 2 unspecified atom stereocenters. The van der Waals surface area contributed by atoms with E-state index in [1.54, 1.807) is 0 Å². The van der Waals surface area contributed by atoms with Crippen LogP contribution in [0.3, 0.4) is 0 Å². The Morgan fingerprint density at radius 3 is 2.58 bits per heavy atom. The average molecular weight is 263 g/mol. The zero-order valence-corrected chi connectivity index (χ0v) is 11.0. The molecule has 1 saturated heterocycles. The lowest BCUT2D eigenvalue weighted by Gasteiger charge is -2.14. The van der Waals surface area contributed by atoms with E-state index in [9.17, 15) is 9.59 Å². The van der Waals surface area contributed by atoms with Gasteiger partial charge < -0.3 is 15.2 Å². The number of hydrogen-bond acceptors (Lipinski definition) is 3. The third-order valence-corrected chi connectivity index (χ3v) is 3.45. The molecular weight excluding hydrogens is 246 g/mol. The smallest absolute Gasteiger partial charge is 0.332 e. The van der Waals surface area contributed by atoms with E-state index >= 15 is 0 Å². The molecule has 0 spiro atoms. The van der Waals surface area contributed by atoms with Gasteiger partial charge in [-0.25, -0.2) is 4.79 Å². The zero-order valence-electron chi connectivity index (χ0n) is 11.0. The van der Waals surface area contributed by atoms with Crippen LogP contribution in [0.25, 0.3) is 0 Å². The molecule has 5 nitrogen and oxygen atoms in total. The number of rotatable bonds is 3. The van der Waals surface area contributed by atoms with Crippen molar-refractivity contribution in [3.05, 3.63) is 29.3 Å². The Morgan fingerprint density at radius 2 is 1.95 bits per heavy atom. The number of amides is 1. The van der Waals surface area contributed by atoms with Crippen molar-refractivity contribution in [2.24, 2.45) is 0 Å². The molecule has 0 saturated carbocycles. The summed E-state index contributed by atoms with van der Waals surface area (Å²) in [7, 11) is 0. The number of carboxylic acids is 1. The second-order valence-corrected chi connectivity index (χ2v) is 4.77. The van der Waals surface area contributed by atoms with Gasteiger partial charge in [0.25, 0.3) is 5.91 Å². The SMILES string of the molecule is Cc1cccc(NC(=O)C2CCC(C(=O)O)O2)c1C. The molecule has 0 bridgehead atoms. The molecule has 2 N–H and O–H groups in total. The monoisotopic (exact) mass is 263 g/mol. The molecule has 1 aliphatic rings. The molecule has 1 amide bonds. The summed E-state index contributed by atoms with van der Waals surface area (Å²) in [5.74, 6) is -1.29. The van der Waals surface area contributed by atoms with Gasteiger partial charge in [0.15, 0.2) is 6.10 Å². The molecule has 102 valence electrons. The van der Waals surface area contributed by atoms with E-state index in [0.717, 1.165) is 16.8 Å². The highest BCUT2D eigenvalue weighted by Gasteiger charge is 2.34. The van der Waals surface area contributed by atoms with Gasteiger partial charge in [-0.2, -0.15) is 0 Å². The summed E-state index contributed by atoms with van der Waals surface area (Å²) in [4.78, 5) is 22.8. The third kappa shape index (κ3) is 2.93. The molecule has 1 aromatic rings. The minimum atomic E-state index is -1.01. The fraction of sp³-hybridized carbons (Fsp3) is 0.429. The predicted octanol–water partition coefficient (Wildman–Crippen LogP) is 1.87. The molecule has 2 rings (SSSR count). The maximum atomic E-state index is 12.0. The molecule has 19 heavy (non-hydrogen) atoms. The average Bonchev–Trinajstić information content (AvgIpc) is 2.84. The molecular formula is C14H17NO4. The second kappa shape index (κ2) is 5.40. The van der Waals surface area contributed by atoms with E-state index in [-0.39, 0.29) is 5.91 Å². The fourth-order valence-corrected chi connectivity index (χ4v) is 2.11. The highest BCUT2D eigenvalue weighted by atomic mass is 16.5. The number of nitrogens with one attached hydrogen (secondary N) is 1. The number of carboxylic acid groups (broad SMARTS) is 1. The quantitative estimate of drug-likeness (QED) is 0.873. The van der Waals surface area contributed by atoms with E-state index in [2.05, 4.69) is 5.32 Å². The molecule has 1 aromatic carbocycles. The van der Waals surface area contributed by atoms with Gasteiger partial charge in [0, 0.05) is 5.69 Å². The van der Waals surface area contributed by atoms with Crippen molar-refractivity contribution in [1.82, 2.24) is 0 Å². The Morgan fingerprint density at radius 1 is 1.26 bits per heavy atom. The number of aryl methyl sites for hydroxylation is 1. The maximum Gasteiger partial charge on any atom is 0.332 e. The standard InChI is InChI=1S/C14H17NO4/c1-8-4-3-5-10(9(8)2)15-13(16)11-6-7-12(19-11)14(17)18/h3-5,11-12H,6-7H2,1-2H3,(H,15,16)(H,17,18). The number of carbonyl (C=O) groups is 2. The number of hydrogen-bond donors (Lipinski definition) is 2. The summed E-state index contributed by atoms with van der Waals surface area (Å²) >= 11 is 0. The van der Waals surface area contributed by atoms with Crippen LogP contribution >= 0.6 is 0 Å². The van der Waals surface area contributed by atoms with Gasteiger partial charge in [-0.1, -0.05) is 12.1 Å². The van der Waals surface area contributed by atoms with E-state index in [1.807, 2.05) is 32.0 Å². The molecule has 1 fully saturated rings. The van der Waals surface area contributed by atoms with E-state index in [0.29, 0.717) is 12.8 Å². The van der Waals surface area contributed by atoms with Gasteiger partial charge in [0.05, 0.1) is 0 Å². The highest BCUT2D eigenvalue weighted by molar-refractivity contribution is 5.95. The van der Waals surface area contributed by atoms with Crippen molar-refractivity contribution in [3.63, 3.8) is 0 Å². The number of ether oxygens (including phenoxy) is 1. The molecule has 0 aliphatic carbocycles. The lowest BCUT2D eigenvalue weighted by atomic mass is 10.1. The minimum Gasteiger partial charge on any atom is -0.479 e. The summed E-state index contributed by atoms with van der Waals surface area (Å²) in [5.41, 5.74) is 2.84. The molecule has 1 heterocycles. The van der Waals surface area contributed by atoms with Crippen LogP contribution in [-0.4, -0.2) is 29.2 Å². The highest BCUT2D eigenvalue weighted by Crippen LogP contribution is 2.23. The Balaban J connectivity index is 2.02. The number of benzene rings is 1. The predicted molar refractivity (Wildman–Crippen MR) is 70.1 cm³/mol. The first-order valence-corrected chi connectivity index (χ1v) is 6.24. The Bertz CT molecular complexity index is 512. The van der Waals surface area contributed by atoms with Gasteiger partial charge in [0.1, 0.15) is 6.10 Å². The number of carbonyl (C=O) groups excluding carboxylic acids is 1. The maximum absolute atomic E-state index is 12.0. The van der Waals surface area contributed by atoms with Crippen molar-refractivity contribution in [3.8, 4) is 0 Å². The van der Waals surface area contributed by atoms with Gasteiger partial charge in [-0.05, 0) is 43.9 Å². The molecule has 0 aromatic heterocycles. The van der Waals surface area contributed by atoms with Gasteiger partial charge in [-0.3, -0.25) is 4.79 Å². The van der Waals surface area contributed by atoms with Crippen molar-refractivity contribution < 1.29 is 19.4 Å². The zero-order chi connectivity index (χ0) is 14.0. The lowest BCUT2D eigenvalue weighted by Crippen LogP contribution is -2.30. The van der Waals surface area contributed by atoms with Crippen molar-refractivity contribution >= 4 is 17.6 Å². The summed E-state index contributed by atoms with van der Waals surface area (Å²) < 4.78 is 5.22. The Hall–Kier alpha value is -1.88. The van der Waals surface area contributed by atoms with E-state index in [4.69, 9.17) is 9.84 Å².